The fourth-order valence-corrected chi connectivity index (χ4v) is 4.77. The van der Waals surface area contributed by atoms with Gasteiger partial charge in [0.15, 0.2) is 0 Å². The molecule has 3 rings (SSSR count). The summed E-state index contributed by atoms with van der Waals surface area (Å²) < 4.78 is 27.6. The zero-order valence-corrected chi connectivity index (χ0v) is 19.3. The molecule has 1 fully saturated rings. The summed E-state index contributed by atoms with van der Waals surface area (Å²) in [6.45, 7) is 7.57. The number of piperazine rings is 1. The molecule has 6 nitrogen and oxygen atoms in total. The summed E-state index contributed by atoms with van der Waals surface area (Å²) in [5.74, 6) is 0.0857. The van der Waals surface area contributed by atoms with Crippen molar-refractivity contribution in [3.05, 3.63) is 58.1 Å². The Kier molecular flexibility index (Phi) is 7.29. The SMILES string of the molecule is CC(C)N1CCN(C(=O)Cc2ccc(NS(=O)(=O)c3ccc(Cl)c(Cl)c3)cc2)CC1. The number of halogens is 2. The van der Waals surface area contributed by atoms with E-state index in [1.807, 2.05) is 4.90 Å². The van der Waals surface area contributed by atoms with Crippen LogP contribution in [0.1, 0.15) is 19.4 Å². The van der Waals surface area contributed by atoms with E-state index in [2.05, 4.69) is 23.5 Å². The van der Waals surface area contributed by atoms with E-state index in [1.54, 1.807) is 24.3 Å². The molecule has 30 heavy (non-hydrogen) atoms. The molecule has 0 aromatic heterocycles. The van der Waals surface area contributed by atoms with Crippen LogP contribution in [-0.4, -0.2) is 56.3 Å². The summed E-state index contributed by atoms with van der Waals surface area (Å²) in [4.78, 5) is 16.8. The molecule has 162 valence electrons. The summed E-state index contributed by atoms with van der Waals surface area (Å²) >= 11 is 11.8. The third-order valence-electron chi connectivity index (χ3n) is 5.16. The van der Waals surface area contributed by atoms with E-state index in [4.69, 9.17) is 23.2 Å². The van der Waals surface area contributed by atoms with Crippen molar-refractivity contribution in [2.45, 2.75) is 31.2 Å². The minimum atomic E-state index is -3.79. The molecule has 1 aliphatic heterocycles. The van der Waals surface area contributed by atoms with Crippen LogP contribution in [-0.2, 0) is 21.2 Å². The van der Waals surface area contributed by atoms with Gasteiger partial charge in [0.05, 0.1) is 21.4 Å². The molecule has 0 atom stereocenters. The van der Waals surface area contributed by atoms with Crippen molar-refractivity contribution in [3.63, 3.8) is 0 Å². The molecule has 0 aliphatic carbocycles. The Labute approximate surface area is 187 Å². The predicted molar refractivity (Wildman–Crippen MR) is 121 cm³/mol. The van der Waals surface area contributed by atoms with Gasteiger partial charge in [-0.3, -0.25) is 14.4 Å². The first-order valence-corrected chi connectivity index (χ1v) is 12.0. The normalized spacial score (nSPS) is 15.4. The summed E-state index contributed by atoms with van der Waals surface area (Å²) in [6.07, 6.45) is 0.293. The van der Waals surface area contributed by atoms with E-state index in [0.29, 0.717) is 18.2 Å². The molecule has 0 saturated carbocycles. The maximum absolute atomic E-state index is 12.6. The molecule has 0 spiro atoms. The van der Waals surface area contributed by atoms with Gasteiger partial charge in [-0.1, -0.05) is 35.3 Å². The van der Waals surface area contributed by atoms with Crippen LogP contribution in [0, 0.1) is 0 Å². The van der Waals surface area contributed by atoms with E-state index in [1.165, 1.54) is 18.2 Å². The topological polar surface area (TPSA) is 69.7 Å². The smallest absolute Gasteiger partial charge is 0.261 e. The quantitative estimate of drug-likeness (QED) is 0.696. The third kappa shape index (κ3) is 5.66. The lowest BCUT2D eigenvalue weighted by Crippen LogP contribution is -2.51. The van der Waals surface area contributed by atoms with Crippen molar-refractivity contribution >= 4 is 44.8 Å². The van der Waals surface area contributed by atoms with Gasteiger partial charge in [0.2, 0.25) is 5.91 Å². The number of nitrogens with one attached hydrogen (secondary N) is 1. The van der Waals surface area contributed by atoms with Gasteiger partial charge in [-0.15, -0.1) is 0 Å². The Morgan fingerprint density at radius 3 is 2.20 bits per heavy atom. The van der Waals surface area contributed by atoms with Crippen LogP contribution in [0.5, 0.6) is 0 Å². The van der Waals surface area contributed by atoms with E-state index >= 15 is 0 Å². The van der Waals surface area contributed by atoms with Gasteiger partial charge in [-0.25, -0.2) is 8.42 Å². The lowest BCUT2D eigenvalue weighted by molar-refractivity contribution is -0.132. The Morgan fingerprint density at radius 1 is 1.00 bits per heavy atom. The number of nitrogens with zero attached hydrogens (tertiary/aromatic N) is 2. The highest BCUT2D eigenvalue weighted by atomic mass is 35.5. The van der Waals surface area contributed by atoms with Crippen LogP contribution >= 0.6 is 23.2 Å². The summed E-state index contributed by atoms with van der Waals surface area (Å²) in [5.41, 5.74) is 1.24. The van der Waals surface area contributed by atoms with Crippen LogP contribution in [0.15, 0.2) is 47.4 Å². The number of sulfonamides is 1. The third-order valence-corrected chi connectivity index (χ3v) is 7.28. The van der Waals surface area contributed by atoms with Crippen LogP contribution in [0.3, 0.4) is 0 Å². The van der Waals surface area contributed by atoms with Gasteiger partial charge >= 0.3 is 0 Å². The highest BCUT2D eigenvalue weighted by Gasteiger charge is 2.22. The second-order valence-corrected chi connectivity index (χ2v) is 10.1. The first kappa shape index (κ1) is 22.9. The van der Waals surface area contributed by atoms with Crippen LogP contribution < -0.4 is 4.72 Å². The van der Waals surface area contributed by atoms with Gasteiger partial charge in [0.1, 0.15) is 0 Å². The van der Waals surface area contributed by atoms with Crippen LogP contribution in [0.2, 0.25) is 10.0 Å². The Morgan fingerprint density at radius 2 is 1.63 bits per heavy atom. The molecule has 2 aromatic carbocycles. The van der Waals surface area contributed by atoms with E-state index in [0.717, 1.165) is 31.7 Å². The lowest BCUT2D eigenvalue weighted by atomic mass is 10.1. The molecule has 1 aliphatic rings. The maximum Gasteiger partial charge on any atom is 0.261 e. The zero-order valence-electron chi connectivity index (χ0n) is 16.9. The van der Waals surface area contributed by atoms with Crippen LogP contribution in [0.4, 0.5) is 5.69 Å². The minimum absolute atomic E-state index is 0.0247. The minimum Gasteiger partial charge on any atom is -0.340 e. The van der Waals surface area contributed by atoms with Crippen molar-refractivity contribution in [1.29, 1.82) is 0 Å². The molecule has 1 saturated heterocycles. The summed E-state index contributed by atoms with van der Waals surface area (Å²) in [7, 11) is -3.79. The second kappa shape index (κ2) is 9.56. The predicted octanol–water partition coefficient (Wildman–Crippen LogP) is 3.89. The van der Waals surface area contributed by atoms with Gasteiger partial charge in [0, 0.05) is 37.9 Å². The number of amides is 1. The number of anilines is 1. The molecule has 0 unspecified atom stereocenters. The number of hydrogen-bond donors (Lipinski definition) is 1. The van der Waals surface area contributed by atoms with Crippen molar-refractivity contribution in [2.24, 2.45) is 0 Å². The molecule has 1 amide bonds. The molecule has 2 aromatic rings. The van der Waals surface area contributed by atoms with Crippen molar-refractivity contribution in [3.8, 4) is 0 Å². The number of rotatable bonds is 6. The molecule has 0 radical (unpaired) electrons. The number of benzene rings is 2. The van der Waals surface area contributed by atoms with Crippen molar-refractivity contribution < 1.29 is 13.2 Å². The molecule has 1 heterocycles. The van der Waals surface area contributed by atoms with E-state index in [-0.39, 0.29) is 20.8 Å². The van der Waals surface area contributed by atoms with Crippen molar-refractivity contribution in [2.75, 3.05) is 30.9 Å². The Balaban J connectivity index is 1.59. The maximum atomic E-state index is 12.6. The van der Waals surface area contributed by atoms with Gasteiger partial charge < -0.3 is 4.90 Å². The summed E-state index contributed by atoms with van der Waals surface area (Å²) in [5, 5.41) is 0.456. The second-order valence-electron chi connectivity index (χ2n) is 7.57. The average molecular weight is 470 g/mol. The molecular formula is C21H25Cl2N3O3S. The fraction of sp³-hybridized carbons (Fsp3) is 0.381. The first-order chi connectivity index (χ1) is 14.2. The number of hydrogen-bond acceptors (Lipinski definition) is 4. The monoisotopic (exact) mass is 469 g/mol. The largest absolute Gasteiger partial charge is 0.340 e. The fourth-order valence-electron chi connectivity index (χ4n) is 3.32. The first-order valence-electron chi connectivity index (χ1n) is 9.74. The van der Waals surface area contributed by atoms with E-state index in [9.17, 15) is 13.2 Å². The van der Waals surface area contributed by atoms with Gasteiger partial charge in [0.25, 0.3) is 10.0 Å². The molecule has 1 N–H and O–H groups in total. The van der Waals surface area contributed by atoms with Gasteiger partial charge in [-0.2, -0.15) is 0 Å². The lowest BCUT2D eigenvalue weighted by Gasteiger charge is -2.37. The average Bonchev–Trinajstić information content (AvgIpc) is 2.71. The molecule has 9 heteroatoms. The highest BCUT2D eigenvalue weighted by Crippen LogP contribution is 2.26. The number of carbonyl (C=O) groups is 1. The molecular weight excluding hydrogens is 445 g/mol. The Hall–Kier alpha value is -1.80. The molecule has 0 bridgehead atoms. The van der Waals surface area contributed by atoms with Crippen LogP contribution in [0.25, 0.3) is 0 Å². The van der Waals surface area contributed by atoms with E-state index < -0.39 is 10.0 Å². The van der Waals surface area contributed by atoms with Gasteiger partial charge in [-0.05, 0) is 49.7 Å². The van der Waals surface area contributed by atoms with Crippen molar-refractivity contribution in [1.82, 2.24) is 9.80 Å². The highest BCUT2D eigenvalue weighted by molar-refractivity contribution is 7.92. The Bertz CT molecular complexity index is 1000. The number of carbonyl (C=O) groups excluding carboxylic acids is 1. The zero-order chi connectivity index (χ0) is 21.9. The standard InChI is InChI=1S/C21H25Cl2N3O3S/c1-15(2)25-9-11-26(12-10-25)21(27)13-16-3-5-17(6-4-16)24-30(28,29)18-7-8-19(22)20(23)14-18/h3-8,14-15,24H,9-13H2,1-2H3. The summed E-state index contributed by atoms with van der Waals surface area (Å²) in [6, 6.07) is 11.4.